The van der Waals surface area contributed by atoms with Crippen LogP contribution in [0, 0.1) is 0 Å². The van der Waals surface area contributed by atoms with E-state index in [0.29, 0.717) is 24.6 Å². The lowest BCUT2D eigenvalue weighted by atomic mass is 10.2. The second-order valence-electron chi connectivity index (χ2n) is 6.14. The van der Waals surface area contributed by atoms with Crippen LogP contribution in [0.2, 0.25) is 0 Å². The summed E-state index contributed by atoms with van der Waals surface area (Å²) in [5.74, 6) is 0.639. The van der Waals surface area contributed by atoms with E-state index in [-0.39, 0.29) is 11.2 Å². The summed E-state index contributed by atoms with van der Waals surface area (Å²) in [4.78, 5) is 26.7. The van der Waals surface area contributed by atoms with Gasteiger partial charge in [-0.3, -0.25) is 14.5 Å². The van der Waals surface area contributed by atoms with E-state index in [1.807, 2.05) is 37.3 Å². The third-order valence-electron chi connectivity index (χ3n) is 4.02. The van der Waals surface area contributed by atoms with Crippen molar-refractivity contribution in [3.8, 4) is 5.75 Å². The number of unbranched alkanes of at least 4 members (excludes halogenated alkanes) is 2. The van der Waals surface area contributed by atoms with Crippen LogP contribution < -0.4 is 4.74 Å². The Morgan fingerprint density at radius 2 is 1.96 bits per heavy atom. The first-order valence-electron chi connectivity index (χ1n) is 9.10. The van der Waals surface area contributed by atoms with Gasteiger partial charge in [0.2, 0.25) is 0 Å². The number of esters is 1. The largest absolute Gasteiger partial charge is 0.497 e. The summed E-state index contributed by atoms with van der Waals surface area (Å²) in [6.45, 7) is 3.03. The standard InChI is InChI=1S/C20H25NO4S2/c1-3-13-25-18(22)7-5-4-6-12-21-19(26)17(27-20(21)23)14-15-8-10-16(24-2)11-9-15/h8-11,14H,3-7,12-13H2,1-2H3/b17-14+. The number of amides is 1. The van der Waals surface area contributed by atoms with Crippen molar-refractivity contribution in [3.63, 3.8) is 0 Å². The maximum atomic E-state index is 12.2. The number of thioether (sulfide) groups is 1. The van der Waals surface area contributed by atoms with Gasteiger partial charge in [-0.25, -0.2) is 0 Å². The van der Waals surface area contributed by atoms with Crippen molar-refractivity contribution in [2.75, 3.05) is 20.3 Å². The number of carbonyl (C=O) groups is 2. The lowest BCUT2D eigenvalue weighted by Gasteiger charge is -2.14. The molecule has 27 heavy (non-hydrogen) atoms. The van der Waals surface area contributed by atoms with Crippen molar-refractivity contribution in [2.24, 2.45) is 0 Å². The molecule has 7 heteroatoms. The van der Waals surface area contributed by atoms with E-state index in [4.69, 9.17) is 21.7 Å². The summed E-state index contributed by atoms with van der Waals surface area (Å²) >= 11 is 6.64. The molecular weight excluding hydrogens is 382 g/mol. The molecule has 0 aromatic heterocycles. The third kappa shape index (κ3) is 6.66. The number of hydrogen-bond donors (Lipinski definition) is 0. The Bertz CT molecular complexity index is 700. The Balaban J connectivity index is 1.79. The summed E-state index contributed by atoms with van der Waals surface area (Å²) in [7, 11) is 1.63. The zero-order valence-corrected chi connectivity index (χ0v) is 17.4. The maximum absolute atomic E-state index is 12.2. The highest BCUT2D eigenvalue weighted by molar-refractivity contribution is 8.19. The van der Waals surface area contributed by atoms with Crippen LogP contribution in [0.5, 0.6) is 5.75 Å². The van der Waals surface area contributed by atoms with E-state index in [2.05, 4.69) is 0 Å². The summed E-state index contributed by atoms with van der Waals surface area (Å²) in [5.41, 5.74) is 0.973. The molecule has 0 saturated carbocycles. The van der Waals surface area contributed by atoms with Crippen molar-refractivity contribution in [3.05, 3.63) is 34.7 Å². The van der Waals surface area contributed by atoms with Gasteiger partial charge in [0.15, 0.2) is 0 Å². The molecule has 0 spiro atoms. The molecule has 1 aliphatic rings. The van der Waals surface area contributed by atoms with Gasteiger partial charge in [0, 0.05) is 13.0 Å². The van der Waals surface area contributed by atoms with Gasteiger partial charge >= 0.3 is 5.97 Å². The van der Waals surface area contributed by atoms with Crippen molar-refractivity contribution < 1.29 is 19.1 Å². The first-order valence-corrected chi connectivity index (χ1v) is 10.3. The van der Waals surface area contributed by atoms with Crippen LogP contribution >= 0.6 is 24.0 Å². The van der Waals surface area contributed by atoms with E-state index < -0.39 is 0 Å². The molecule has 146 valence electrons. The van der Waals surface area contributed by atoms with E-state index >= 15 is 0 Å². The Morgan fingerprint density at radius 1 is 1.22 bits per heavy atom. The molecule has 1 heterocycles. The highest BCUT2D eigenvalue weighted by atomic mass is 32.2. The van der Waals surface area contributed by atoms with Crippen LogP contribution in [-0.2, 0) is 9.53 Å². The van der Waals surface area contributed by atoms with Gasteiger partial charge in [-0.1, -0.05) is 37.7 Å². The van der Waals surface area contributed by atoms with Gasteiger partial charge in [-0.2, -0.15) is 0 Å². The van der Waals surface area contributed by atoms with E-state index in [9.17, 15) is 9.59 Å². The van der Waals surface area contributed by atoms with Crippen molar-refractivity contribution in [1.82, 2.24) is 4.90 Å². The number of carbonyl (C=O) groups excluding carboxylic acids is 2. The fraction of sp³-hybridized carbons (Fsp3) is 0.450. The quantitative estimate of drug-likeness (QED) is 0.234. The first kappa shape index (κ1) is 21.4. The molecule has 0 atom stereocenters. The van der Waals surface area contributed by atoms with Crippen LogP contribution in [-0.4, -0.2) is 41.4 Å². The molecular formula is C20H25NO4S2. The van der Waals surface area contributed by atoms with Crippen molar-refractivity contribution in [2.45, 2.75) is 39.0 Å². The monoisotopic (exact) mass is 407 g/mol. The predicted molar refractivity (Wildman–Crippen MR) is 113 cm³/mol. The van der Waals surface area contributed by atoms with Gasteiger partial charge in [-0.05, 0) is 54.8 Å². The minimum absolute atomic E-state index is 0.0397. The smallest absolute Gasteiger partial charge is 0.305 e. The molecule has 1 aromatic carbocycles. The molecule has 1 saturated heterocycles. The molecule has 0 bridgehead atoms. The van der Waals surface area contributed by atoms with Crippen LogP contribution in [0.3, 0.4) is 0 Å². The van der Waals surface area contributed by atoms with E-state index in [1.54, 1.807) is 12.0 Å². The third-order valence-corrected chi connectivity index (χ3v) is 5.51. The average molecular weight is 408 g/mol. The lowest BCUT2D eigenvalue weighted by Crippen LogP contribution is -2.27. The molecule has 1 amide bonds. The highest BCUT2D eigenvalue weighted by Gasteiger charge is 2.31. The van der Waals surface area contributed by atoms with Crippen LogP contribution in [0.25, 0.3) is 6.08 Å². The zero-order valence-electron chi connectivity index (χ0n) is 15.7. The predicted octanol–water partition coefficient (Wildman–Crippen LogP) is 5.05. The second kappa shape index (κ2) is 11.1. The number of hydrogen-bond acceptors (Lipinski definition) is 6. The molecule has 1 fully saturated rings. The average Bonchev–Trinajstić information content (AvgIpc) is 2.93. The first-order chi connectivity index (χ1) is 13.0. The van der Waals surface area contributed by atoms with E-state index in [1.165, 1.54) is 11.8 Å². The van der Waals surface area contributed by atoms with Crippen molar-refractivity contribution in [1.29, 1.82) is 0 Å². The topological polar surface area (TPSA) is 55.8 Å². The number of rotatable bonds is 10. The second-order valence-corrected chi connectivity index (χ2v) is 7.52. The minimum Gasteiger partial charge on any atom is -0.497 e. The normalized spacial score (nSPS) is 15.5. The van der Waals surface area contributed by atoms with Gasteiger partial charge in [0.25, 0.3) is 5.24 Å². The fourth-order valence-corrected chi connectivity index (χ4v) is 3.84. The molecule has 5 nitrogen and oxygen atoms in total. The summed E-state index contributed by atoms with van der Waals surface area (Å²) in [6, 6.07) is 7.61. The minimum atomic E-state index is -0.148. The van der Waals surface area contributed by atoms with Crippen LogP contribution in [0.1, 0.15) is 44.6 Å². The number of benzene rings is 1. The van der Waals surface area contributed by atoms with Crippen molar-refractivity contribution >= 4 is 46.3 Å². The van der Waals surface area contributed by atoms with Crippen LogP contribution in [0.15, 0.2) is 29.2 Å². The molecule has 0 N–H and O–H groups in total. The van der Waals surface area contributed by atoms with E-state index in [0.717, 1.165) is 41.9 Å². The Hall–Kier alpha value is -1.86. The number of thiocarbonyl (C=S) groups is 1. The molecule has 1 aliphatic heterocycles. The Kier molecular flexibility index (Phi) is 8.81. The van der Waals surface area contributed by atoms with Gasteiger partial charge < -0.3 is 9.47 Å². The van der Waals surface area contributed by atoms with Gasteiger partial charge in [0.1, 0.15) is 10.7 Å². The number of ether oxygens (including phenoxy) is 2. The number of methoxy groups -OCH3 is 1. The van der Waals surface area contributed by atoms with Gasteiger partial charge in [0.05, 0.1) is 18.6 Å². The lowest BCUT2D eigenvalue weighted by molar-refractivity contribution is -0.143. The van der Waals surface area contributed by atoms with Gasteiger partial charge in [-0.15, -0.1) is 0 Å². The Morgan fingerprint density at radius 3 is 2.63 bits per heavy atom. The summed E-state index contributed by atoms with van der Waals surface area (Å²) in [5, 5.41) is -0.0397. The summed E-state index contributed by atoms with van der Waals surface area (Å²) in [6.07, 6.45) is 5.62. The SMILES string of the molecule is CCCOC(=O)CCCCCN1C(=O)S/C(=C/c2ccc(OC)cc2)C1=S. The maximum Gasteiger partial charge on any atom is 0.305 e. The molecule has 1 aromatic rings. The molecule has 0 unspecified atom stereocenters. The molecule has 0 aliphatic carbocycles. The molecule has 0 radical (unpaired) electrons. The number of nitrogens with zero attached hydrogens (tertiary/aromatic N) is 1. The zero-order chi connectivity index (χ0) is 19.6. The fourth-order valence-electron chi connectivity index (χ4n) is 2.55. The molecule has 2 rings (SSSR count). The highest BCUT2D eigenvalue weighted by Crippen LogP contribution is 2.33. The Labute approximate surface area is 170 Å². The van der Waals surface area contributed by atoms with Crippen LogP contribution in [0.4, 0.5) is 4.79 Å². The summed E-state index contributed by atoms with van der Waals surface area (Å²) < 4.78 is 10.2.